The summed E-state index contributed by atoms with van der Waals surface area (Å²) >= 11 is 0. The van der Waals surface area contributed by atoms with E-state index in [9.17, 15) is 8.42 Å². The minimum atomic E-state index is -3.25. The van der Waals surface area contributed by atoms with Gasteiger partial charge in [-0.2, -0.15) is 0 Å². The van der Waals surface area contributed by atoms with Gasteiger partial charge in [-0.3, -0.25) is 0 Å². The summed E-state index contributed by atoms with van der Waals surface area (Å²) in [7, 11) is -1.65. The Morgan fingerprint density at radius 2 is 2.00 bits per heavy atom. The van der Waals surface area contributed by atoms with E-state index >= 15 is 0 Å². The largest absolute Gasteiger partial charge is 0.496 e. The van der Waals surface area contributed by atoms with Crippen molar-refractivity contribution in [3.05, 3.63) is 23.3 Å². The van der Waals surface area contributed by atoms with Gasteiger partial charge in [0.15, 0.2) is 9.84 Å². The molecule has 0 spiro atoms. The maximum atomic E-state index is 11.9. The minimum Gasteiger partial charge on any atom is -0.496 e. The van der Waals surface area contributed by atoms with E-state index in [1.807, 2.05) is 13.0 Å². The molecule has 0 aliphatic heterocycles. The maximum Gasteiger partial charge on any atom is 0.175 e. The summed E-state index contributed by atoms with van der Waals surface area (Å²) in [6.07, 6.45) is 3.13. The Morgan fingerprint density at radius 1 is 1.39 bits per heavy atom. The van der Waals surface area contributed by atoms with Gasteiger partial charge in [0.1, 0.15) is 5.75 Å². The second-order valence-corrected chi connectivity index (χ2v) is 7.06. The highest BCUT2D eigenvalue weighted by molar-refractivity contribution is 7.90. The quantitative estimate of drug-likeness (QED) is 0.897. The number of nitrogens with two attached hydrogens (primary N) is 1. The first-order chi connectivity index (χ1) is 8.34. The lowest BCUT2D eigenvalue weighted by Crippen LogP contribution is -2.22. The fourth-order valence-corrected chi connectivity index (χ4v) is 3.40. The predicted molar refractivity (Wildman–Crippen MR) is 70.8 cm³/mol. The highest BCUT2D eigenvalue weighted by atomic mass is 32.2. The Labute approximate surface area is 108 Å². The van der Waals surface area contributed by atoms with Gasteiger partial charge in [0.2, 0.25) is 0 Å². The van der Waals surface area contributed by atoms with E-state index in [1.54, 1.807) is 13.2 Å². The van der Waals surface area contributed by atoms with E-state index in [-0.39, 0.29) is 5.41 Å². The number of ether oxygens (including phenoxy) is 1. The van der Waals surface area contributed by atoms with E-state index in [0.29, 0.717) is 11.4 Å². The normalized spacial score (nSPS) is 17.6. The highest BCUT2D eigenvalue weighted by Gasteiger charge is 2.45. The molecule has 0 radical (unpaired) electrons. The van der Waals surface area contributed by atoms with Gasteiger partial charge < -0.3 is 10.5 Å². The number of methoxy groups -OCH3 is 1. The smallest absolute Gasteiger partial charge is 0.175 e. The molecule has 1 aliphatic rings. The van der Waals surface area contributed by atoms with Crippen molar-refractivity contribution in [2.45, 2.75) is 30.1 Å². The standard InChI is InChI=1S/C13H19NO3S/c1-9-6-12(18(3,15)16)10(7-11(9)17-2)13(8-14)4-5-13/h6-7H,4-5,8,14H2,1-3H3. The average Bonchev–Trinajstić information content (AvgIpc) is 3.08. The molecule has 5 heteroatoms. The van der Waals surface area contributed by atoms with Gasteiger partial charge in [-0.1, -0.05) is 0 Å². The van der Waals surface area contributed by atoms with E-state index in [4.69, 9.17) is 10.5 Å². The van der Waals surface area contributed by atoms with Crippen LogP contribution in [0.3, 0.4) is 0 Å². The van der Waals surface area contributed by atoms with Crippen molar-refractivity contribution >= 4 is 9.84 Å². The van der Waals surface area contributed by atoms with Crippen LogP contribution in [0.2, 0.25) is 0 Å². The van der Waals surface area contributed by atoms with Gasteiger partial charge in [0, 0.05) is 18.2 Å². The molecule has 0 amide bonds. The van der Waals surface area contributed by atoms with Crippen LogP contribution < -0.4 is 10.5 Å². The molecule has 4 nitrogen and oxygen atoms in total. The van der Waals surface area contributed by atoms with Crippen LogP contribution in [0.15, 0.2) is 17.0 Å². The summed E-state index contributed by atoms with van der Waals surface area (Å²) in [6, 6.07) is 3.53. The first-order valence-corrected chi connectivity index (χ1v) is 7.82. The van der Waals surface area contributed by atoms with Crippen LogP contribution in [-0.4, -0.2) is 28.3 Å². The third-order valence-electron chi connectivity index (χ3n) is 3.71. The van der Waals surface area contributed by atoms with Gasteiger partial charge >= 0.3 is 0 Å². The molecule has 0 saturated heterocycles. The molecule has 2 rings (SSSR count). The average molecular weight is 269 g/mol. The molecule has 0 heterocycles. The number of benzene rings is 1. The summed E-state index contributed by atoms with van der Waals surface area (Å²) in [6.45, 7) is 2.32. The molecule has 1 saturated carbocycles. The molecule has 1 aromatic rings. The molecule has 1 fully saturated rings. The van der Waals surface area contributed by atoms with Crippen molar-refractivity contribution in [3.63, 3.8) is 0 Å². The third-order valence-corrected chi connectivity index (χ3v) is 4.85. The number of rotatable bonds is 4. The zero-order valence-corrected chi connectivity index (χ0v) is 11.8. The molecular formula is C13H19NO3S. The number of aryl methyl sites for hydroxylation is 1. The number of hydrogen-bond donors (Lipinski definition) is 1. The van der Waals surface area contributed by atoms with Crippen molar-refractivity contribution < 1.29 is 13.2 Å². The lowest BCUT2D eigenvalue weighted by molar-refractivity contribution is 0.409. The van der Waals surface area contributed by atoms with Crippen LogP contribution in [-0.2, 0) is 15.3 Å². The molecule has 0 atom stereocenters. The zero-order valence-electron chi connectivity index (χ0n) is 11.0. The molecule has 100 valence electrons. The van der Waals surface area contributed by atoms with Gasteiger partial charge in [-0.05, 0) is 43.0 Å². The van der Waals surface area contributed by atoms with Crippen LogP contribution >= 0.6 is 0 Å². The van der Waals surface area contributed by atoms with E-state index < -0.39 is 9.84 Å². The van der Waals surface area contributed by atoms with Gasteiger partial charge in [0.05, 0.1) is 12.0 Å². The topological polar surface area (TPSA) is 69.4 Å². The van der Waals surface area contributed by atoms with Crippen LogP contribution in [0.4, 0.5) is 0 Å². The van der Waals surface area contributed by atoms with Gasteiger partial charge in [0.25, 0.3) is 0 Å². The second kappa shape index (κ2) is 4.24. The number of sulfone groups is 1. The second-order valence-electron chi connectivity index (χ2n) is 5.07. The Kier molecular flexibility index (Phi) is 3.15. The van der Waals surface area contributed by atoms with Gasteiger partial charge in [-0.25, -0.2) is 8.42 Å². The zero-order chi connectivity index (χ0) is 13.6. The molecule has 18 heavy (non-hydrogen) atoms. The molecule has 2 N–H and O–H groups in total. The molecular weight excluding hydrogens is 250 g/mol. The van der Waals surface area contributed by atoms with Crippen LogP contribution in [0.5, 0.6) is 5.75 Å². The van der Waals surface area contributed by atoms with Gasteiger partial charge in [-0.15, -0.1) is 0 Å². The summed E-state index contributed by atoms with van der Waals surface area (Å²) in [4.78, 5) is 0.392. The first-order valence-electron chi connectivity index (χ1n) is 5.93. The Morgan fingerprint density at radius 3 is 2.39 bits per heavy atom. The van der Waals surface area contributed by atoms with Crippen molar-refractivity contribution in [1.29, 1.82) is 0 Å². The van der Waals surface area contributed by atoms with E-state index in [2.05, 4.69) is 0 Å². The molecule has 1 aromatic carbocycles. The predicted octanol–water partition coefficient (Wildman–Crippen LogP) is 1.40. The fraction of sp³-hybridized carbons (Fsp3) is 0.538. The lowest BCUT2D eigenvalue weighted by Gasteiger charge is -2.19. The SMILES string of the molecule is COc1cc(C2(CN)CC2)c(S(C)(=O)=O)cc1C. The summed E-state index contributed by atoms with van der Waals surface area (Å²) < 4.78 is 29.1. The highest BCUT2D eigenvalue weighted by Crippen LogP contribution is 2.50. The summed E-state index contributed by atoms with van der Waals surface area (Å²) in [5.74, 6) is 0.720. The van der Waals surface area contributed by atoms with Crippen molar-refractivity contribution in [1.82, 2.24) is 0 Å². The van der Waals surface area contributed by atoms with Crippen LogP contribution in [0, 0.1) is 6.92 Å². The Hall–Kier alpha value is -1.07. The van der Waals surface area contributed by atoms with Crippen LogP contribution in [0.1, 0.15) is 24.0 Å². The Balaban J connectivity index is 2.69. The van der Waals surface area contributed by atoms with Crippen molar-refractivity contribution in [3.8, 4) is 5.75 Å². The van der Waals surface area contributed by atoms with Crippen molar-refractivity contribution in [2.75, 3.05) is 19.9 Å². The minimum absolute atomic E-state index is 0.167. The third kappa shape index (κ3) is 2.12. The first kappa shape index (κ1) is 13.4. The number of hydrogen-bond acceptors (Lipinski definition) is 4. The molecule has 0 unspecified atom stereocenters. The maximum absolute atomic E-state index is 11.9. The van der Waals surface area contributed by atoms with Crippen LogP contribution in [0.25, 0.3) is 0 Å². The lowest BCUT2D eigenvalue weighted by atomic mass is 9.94. The molecule has 0 bridgehead atoms. The summed E-state index contributed by atoms with van der Waals surface area (Å²) in [5, 5.41) is 0. The molecule has 0 aromatic heterocycles. The monoisotopic (exact) mass is 269 g/mol. The van der Waals surface area contributed by atoms with Crippen molar-refractivity contribution in [2.24, 2.45) is 5.73 Å². The van der Waals surface area contributed by atoms with E-state index in [1.165, 1.54) is 6.26 Å². The van der Waals surface area contributed by atoms with E-state index in [0.717, 1.165) is 29.7 Å². The molecule has 1 aliphatic carbocycles. The Bertz CT molecular complexity index is 574. The fourth-order valence-electron chi connectivity index (χ4n) is 2.34. The summed E-state index contributed by atoms with van der Waals surface area (Å²) in [5.41, 5.74) is 7.28.